The Kier molecular flexibility index (Phi) is 3.50. The van der Waals surface area contributed by atoms with Gasteiger partial charge in [0.15, 0.2) is 11.5 Å². The van der Waals surface area contributed by atoms with Crippen LogP contribution in [0.25, 0.3) is 22.4 Å². The number of alkyl halides is 2. The fourth-order valence-electron chi connectivity index (χ4n) is 3.57. The predicted molar refractivity (Wildman–Crippen MR) is 99.2 cm³/mol. The molecule has 144 valence electrons. The van der Waals surface area contributed by atoms with Crippen molar-refractivity contribution in [3.8, 4) is 11.3 Å². The van der Waals surface area contributed by atoms with Gasteiger partial charge >= 0.3 is 0 Å². The van der Waals surface area contributed by atoms with E-state index < -0.39 is 12.0 Å². The number of likely N-dealkylation sites (N-methyl/N-ethyl adjacent to an activating group) is 1. The second-order valence-corrected chi connectivity index (χ2v) is 6.95. The first-order valence-corrected chi connectivity index (χ1v) is 8.69. The Labute approximate surface area is 157 Å². The maximum atomic E-state index is 14.1. The first-order valence-electron chi connectivity index (χ1n) is 8.69. The van der Waals surface area contributed by atoms with Crippen molar-refractivity contribution in [2.75, 3.05) is 31.2 Å². The fraction of sp³-hybridized carbons (Fsp3) is 0.294. The number of nitrogens with zero attached hydrogens (tertiary/aromatic N) is 7. The lowest BCUT2D eigenvalue weighted by Gasteiger charge is -2.19. The molecule has 0 bridgehead atoms. The smallest absolute Gasteiger partial charge is 0.281 e. The van der Waals surface area contributed by atoms with Crippen LogP contribution in [-0.2, 0) is 0 Å². The molecule has 4 aromatic rings. The number of imidazole rings is 1. The maximum Gasteiger partial charge on any atom is 0.281 e. The molecule has 9 nitrogen and oxygen atoms in total. The molecule has 1 saturated heterocycles. The number of nitrogens with two attached hydrogens (primary N) is 1. The van der Waals surface area contributed by atoms with E-state index in [1.165, 1.54) is 4.52 Å². The van der Waals surface area contributed by atoms with Gasteiger partial charge in [-0.2, -0.15) is 10.1 Å². The third-order valence-corrected chi connectivity index (χ3v) is 4.86. The van der Waals surface area contributed by atoms with E-state index in [2.05, 4.69) is 25.5 Å². The number of likely N-dealkylation sites (tertiary alicyclic amines) is 1. The van der Waals surface area contributed by atoms with Gasteiger partial charge in [-0.3, -0.25) is 4.90 Å². The van der Waals surface area contributed by atoms with Gasteiger partial charge in [-0.05, 0) is 25.2 Å². The van der Waals surface area contributed by atoms with Gasteiger partial charge in [0.2, 0.25) is 5.95 Å². The minimum Gasteiger partial charge on any atom is -0.382 e. The molecule has 28 heavy (non-hydrogen) atoms. The molecule has 5 rings (SSSR count). The van der Waals surface area contributed by atoms with Crippen LogP contribution in [0.3, 0.4) is 0 Å². The summed E-state index contributed by atoms with van der Waals surface area (Å²) in [5.74, 6) is -2.63. The van der Waals surface area contributed by atoms with Crippen LogP contribution in [-0.4, -0.2) is 66.2 Å². The summed E-state index contributed by atoms with van der Waals surface area (Å²) in [4.78, 5) is 9.93. The first kappa shape index (κ1) is 16.8. The first-order chi connectivity index (χ1) is 13.4. The highest BCUT2D eigenvalue weighted by atomic mass is 19.3. The Morgan fingerprint density at radius 1 is 1.18 bits per heavy atom. The molecule has 0 amide bonds. The highest BCUT2D eigenvalue weighted by Crippen LogP contribution is 2.30. The average Bonchev–Trinajstić information content (AvgIpc) is 3.31. The van der Waals surface area contributed by atoms with Crippen molar-refractivity contribution in [3.05, 3.63) is 36.8 Å². The monoisotopic (exact) mass is 385 g/mol. The third-order valence-electron chi connectivity index (χ3n) is 4.86. The molecule has 11 heteroatoms. The largest absolute Gasteiger partial charge is 0.382 e. The SMILES string of the molecule is CN1C[C@@H](Nc2nc(N)c3c(-c4ccc5nccn5n4)ccn3n2)C(F)(F)C1. The van der Waals surface area contributed by atoms with Gasteiger partial charge in [-0.25, -0.2) is 22.8 Å². The summed E-state index contributed by atoms with van der Waals surface area (Å²) < 4.78 is 31.3. The Morgan fingerprint density at radius 2 is 2.04 bits per heavy atom. The lowest BCUT2D eigenvalue weighted by molar-refractivity contribution is 0.00584. The minimum atomic E-state index is -2.87. The number of fused-ring (bicyclic) bond motifs is 2. The van der Waals surface area contributed by atoms with Gasteiger partial charge in [0.1, 0.15) is 11.6 Å². The number of nitrogens with one attached hydrogen (secondary N) is 1. The van der Waals surface area contributed by atoms with Gasteiger partial charge in [0.25, 0.3) is 5.92 Å². The van der Waals surface area contributed by atoms with Crippen LogP contribution in [0.15, 0.2) is 36.8 Å². The van der Waals surface area contributed by atoms with E-state index in [0.717, 1.165) is 11.2 Å². The molecule has 1 fully saturated rings. The third kappa shape index (κ3) is 2.62. The highest BCUT2D eigenvalue weighted by molar-refractivity contribution is 5.86. The van der Waals surface area contributed by atoms with Crippen LogP contribution in [0, 0.1) is 0 Å². The zero-order chi connectivity index (χ0) is 19.5. The van der Waals surface area contributed by atoms with Gasteiger partial charge < -0.3 is 11.1 Å². The second kappa shape index (κ2) is 5.83. The highest BCUT2D eigenvalue weighted by Gasteiger charge is 2.47. The molecule has 0 radical (unpaired) electrons. The van der Waals surface area contributed by atoms with Crippen molar-refractivity contribution in [2.24, 2.45) is 0 Å². The molecule has 5 heterocycles. The van der Waals surface area contributed by atoms with Crippen LogP contribution >= 0.6 is 0 Å². The summed E-state index contributed by atoms with van der Waals surface area (Å²) >= 11 is 0. The van der Waals surface area contributed by atoms with Crippen molar-refractivity contribution in [2.45, 2.75) is 12.0 Å². The molecule has 0 aromatic carbocycles. The average molecular weight is 385 g/mol. The topological polar surface area (TPSA) is 102 Å². The normalized spacial score (nSPS) is 19.6. The fourth-order valence-corrected chi connectivity index (χ4v) is 3.57. The van der Waals surface area contributed by atoms with E-state index in [4.69, 9.17) is 5.73 Å². The summed E-state index contributed by atoms with van der Waals surface area (Å²) in [5.41, 5.74) is 8.85. The summed E-state index contributed by atoms with van der Waals surface area (Å²) in [6, 6.07) is 4.41. The van der Waals surface area contributed by atoms with Gasteiger partial charge in [0.05, 0.1) is 12.2 Å². The number of aromatic nitrogens is 6. The van der Waals surface area contributed by atoms with Crippen molar-refractivity contribution in [3.63, 3.8) is 0 Å². The molecule has 0 spiro atoms. The summed E-state index contributed by atoms with van der Waals surface area (Å²) in [6.45, 7) is -0.113. The van der Waals surface area contributed by atoms with Gasteiger partial charge in [-0.1, -0.05) is 0 Å². The Bertz CT molecular complexity index is 1180. The van der Waals surface area contributed by atoms with E-state index >= 15 is 0 Å². The molecular formula is C17H17F2N9. The molecule has 4 aromatic heterocycles. The van der Waals surface area contributed by atoms with Crippen molar-refractivity contribution in [1.29, 1.82) is 0 Å². The molecule has 0 aliphatic carbocycles. The van der Waals surface area contributed by atoms with Crippen LogP contribution in [0.2, 0.25) is 0 Å². The van der Waals surface area contributed by atoms with Crippen LogP contribution in [0.5, 0.6) is 0 Å². The lowest BCUT2D eigenvalue weighted by Crippen LogP contribution is -2.38. The Hall–Kier alpha value is -3.34. The molecular weight excluding hydrogens is 368 g/mol. The van der Waals surface area contributed by atoms with Crippen LogP contribution in [0.1, 0.15) is 0 Å². The lowest BCUT2D eigenvalue weighted by atomic mass is 10.2. The second-order valence-electron chi connectivity index (χ2n) is 6.95. The molecule has 0 saturated carbocycles. The van der Waals surface area contributed by atoms with Crippen molar-refractivity contribution < 1.29 is 8.78 Å². The minimum absolute atomic E-state index is 0.0603. The molecule has 0 unspecified atom stereocenters. The molecule has 1 aliphatic rings. The molecule has 1 aliphatic heterocycles. The van der Waals surface area contributed by atoms with E-state index in [0.29, 0.717) is 11.2 Å². The number of nitrogen functional groups attached to an aromatic ring is 1. The van der Waals surface area contributed by atoms with E-state index in [1.807, 2.05) is 18.2 Å². The molecule has 3 N–H and O–H groups in total. The Morgan fingerprint density at radius 3 is 2.82 bits per heavy atom. The summed E-state index contributed by atoms with van der Waals surface area (Å²) in [5, 5.41) is 11.5. The van der Waals surface area contributed by atoms with Crippen molar-refractivity contribution in [1.82, 2.24) is 34.1 Å². The van der Waals surface area contributed by atoms with Crippen molar-refractivity contribution >= 4 is 22.9 Å². The number of halogens is 2. The number of rotatable bonds is 3. The zero-order valence-electron chi connectivity index (χ0n) is 14.9. The van der Waals surface area contributed by atoms with Gasteiger partial charge in [-0.15, -0.1) is 5.10 Å². The zero-order valence-corrected chi connectivity index (χ0v) is 14.9. The number of hydrogen-bond acceptors (Lipinski definition) is 7. The van der Waals surface area contributed by atoms with Crippen LogP contribution in [0.4, 0.5) is 20.5 Å². The predicted octanol–water partition coefficient (Wildman–Crippen LogP) is 1.38. The standard InChI is InChI=1S/C17H17F2N9/c1-26-8-12(17(18,19)9-26)22-16-23-15(20)14-10(4-6-28(14)25-16)11-2-3-13-21-5-7-27(13)24-11/h2-7,12H,8-9H2,1H3,(H3,20,22,23,25)/t12-/m1/s1. The van der Waals surface area contributed by atoms with E-state index in [9.17, 15) is 8.78 Å². The van der Waals surface area contributed by atoms with Gasteiger partial charge in [0, 0.05) is 30.7 Å². The quantitative estimate of drug-likeness (QED) is 0.549. The Balaban J connectivity index is 1.53. The number of anilines is 2. The van der Waals surface area contributed by atoms with E-state index in [-0.39, 0.29) is 24.9 Å². The summed E-state index contributed by atoms with van der Waals surface area (Å²) in [7, 11) is 1.65. The summed E-state index contributed by atoms with van der Waals surface area (Å²) in [6.07, 6.45) is 5.11. The van der Waals surface area contributed by atoms with Crippen LogP contribution < -0.4 is 11.1 Å². The molecule has 1 atom stereocenters. The number of hydrogen-bond donors (Lipinski definition) is 2. The van der Waals surface area contributed by atoms with E-state index in [1.54, 1.807) is 35.1 Å². The maximum absolute atomic E-state index is 14.1.